The van der Waals surface area contributed by atoms with Crippen LogP contribution in [0.3, 0.4) is 0 Å². The van der Waals surface area contributed by atoms with Crippen molar-refractivity contribution in [1.82, 2.24) is 0 Å². The van der Waals surface area contributed by atoms with E-state index in [9.17, 15) is 13.2 Å². The third-order valence-electron chi connectivity index (χ3n) is 2.40. The molecule has 1 amide bonds. The molecule has 0 bridgehead atoms. The molecular weight excluding hydrogens is 238 g/mol. The smallest absolute Gasteiger partial charge is 0.263 e. The molecule has 0 aromatic heterocycles. The standard InChI is InChI=1S/C9H8ClNO3S/c1-11-8(12)5-6-3-2-4-7(9(6)11)15(10,13)14/h2-4H,5H2,1H3. The normalized spacial score (nSPS) is 15.6. The second-order valence-corrected chi connectivity index (χ2v) is 5.87. The number of fused-ring (bicyclic) bond motifs is 1. The van der Waals surface area contributed by atoms with Crippen LogP contribution in [0, 0.1) is 0 Å². The van der Waals surface area contributed by atoms with E-state index in [2.05, 4.69) is 0 Å². The molecule has 0 fully saturated rings. The Morgan fingerprint density at radius 2 is 2.07 bits per heavy atom. The summed E-state index contributed by atoms with van der Waals surface area (Å²) in [5, 5.41) is 0. The molecule has 0 saturated heterocycles. The van der Waals surface area contributed by atoms with Gasteiger partial charge in [0.2, 0.25) is 5.91 Å². The van der Waals surface area contributed by atoms with Gasteiger partial charge >= 0.3 is 0 Å². The Balaban J connectivity index is 2.73. The van der Waals surface area contributed by atoms with Crippen LogP contribution in [0.25, 0.3) is 0 Å². The zero-order valence-corrected chi connectivity index (χ0v) is 9.47. The van der Waals surface area contributed by atoms with Gasteiger partial charge in [-0.3, -0.25) is 4.79 Å². The van der Waals surface area contributed by atoms with Gasteiger partial charge in [-0.15, -0.1) is 0 Å². The number of benzene rings is 1. The molecule has 1 aliphatic heterocycles. The second-order valence-electron chi connectivity index (χ2n) is 3.33. The third kappa shape index (κ3) is 1.61. The van der Waals surface area contributed by atoms with E-state index in [0.717, 1.165) is 0 Å². The summed E-state index contributed by atoms with van der Waals surface area (Å²) >= 11 is 0. The van der Waals surface area contributed by atoms with Gasteiger partial charge in [-0.2, -0.15) is 0 Å². The summed E-state index contributed by atoms with van der Waals surface area (Å²) in [7, 11) is 3.02. The van der Waals surface area contributed by atoms with Crippen LogP contribution in [0.1, 0.15) is 5.56 Å². The molecule has 0 radical (unpaired) electrons. The second kappa shape index (κ2) is 3.21. The predicted octanol–water partition coefficient (Wildman–Crippen LogP) is 1.13. The van der Waals surface area contributed by atoms with E-state index in [-0.39, 0.29) is 17.2 Å². The van der Waals surface area contributed by atoms with E-state index < -0.39 is 9.05 Å². The van der Waals surface area contributed by atoms with Crippen LogP contribution in [0.5, 0.6) is 0 Å². The van der Waals surface area contributed by atoms with Crippen LogP contribution < -0.4 is 4.90 Å². The first kappa shape index (κ1) is 10.4. The quantitative estimate of drug-likeness (QED) is 0.697. The molecular formula is C9H8ClNO3S. The summed E-state index contributed by atoms with van der Waals surface area (Å²) < 4.78 is 22.5. The maximum Gasteiger partial charge on any atom is 0.263 e. The van der Waals surface area contributed by atoms with Gasteiger partial charge in [-0.1, -0.05) is 12.1 Å². The number of anilines is 1. The summed E-state index contributed by atoms with van der Waals surface area (Å²) in [4.78, 5) is 12.7. The SMILES string of the molecule is CN1C(=O)Cc2cccc(S(=O)(=O)Cl)c21. The number of rotatable bonds is 1. The minimum atomic E-state index is -3.81. The summed E-state index contributed by atoms with van der Waals surface area (Å²) in [6.07, 6.45) is 0.228. The van der Waals surface area contributed by atoms with Gasteiger partial charge in [0.15, 0.2) is 0 Å². The van der Waals surface area contributed by atoms with Gasteiger partial charge in [0.1, 0.15) is 4.90 Å². The number of amides is 1. The number of carbonyl (C=O) groups is 1. The van der Waals surface area contributed by atoms with E-state index in [1.807, 2.05) is 0 Å². The highest BCUT2D eigenvalue weighted by molar-refractivity contribution is 8.13. The van der Waals surface area contributed by atoms with Gasteiger partial charge in [0.25, 0.3) is 9.05 Å². The summed E-state index contributed by atoms with van der Waals surface area (Å²) in [6, 6.07) is 4.71. The highest BCUT2D eigenvalue weighted by Crippen LogP contribution is 2.35. The summed E-state index contributed by atoms with van der Waals surface area (Å²) in [5.74, 6) is -0.127. The van der Waals surface area contributed by atoms with Crippen molar-refractivity contribution in [2.45, 2.75) is 11.3 Å². The van der Waals surface area contributed by atoms with Gasteiger partial charge in [-0.25, -0.2) is 8.42 Å². The topological polar surface area (TPSA) is 54.5 Å². The molecule has 4 nitrogen and oxygen atoms in total. The number of likely N-dealkylation sites (N-methyl/N-ethyl adjacent to an activating group) is 1. The van der Waals surface area contributed by atoms with E-state index in [0.29, 0.717) is 11.3 Å². The Labute approximate surface area is 91.9 Å². The van der Waals surface area contributed by atoms with E-state index >= 15 is 0 Å². The molecule has 1 heterocycles. The zero-order chi connectivity index (χ0) is 11.2. The monoisotopic (exact) mass is 245 g/mol. The van der Waals surface area contributed by atoms with Crippen LogP contribution in [0.15, 0.2) is 23.1 Å². The van der Waals surface area contributed by atoms with Crippen molar-refractivity contribution < 1.29 is 13.2 Å². The van der Waals surface area contributed by atoms with Gasteiger partial charge in [0, 0.05) is 17.7 Å². The lowest BCUT2D eigenvalue weighted by Crippen LogP contribution is -2.21. The molecule has 80 valence electrons. The molecule has 0 saturated carbocycles. The third-order valence-corrected chi connectivity index (χ3v) is 3.75. The lowest BCUT2D eigenvalue weighted by atomic mass is 10.2. The average molecular weight is 246 g/mol. The Hall–Kier alpha value is -1.07. The summed E-state index contributed by atoms with van der Waals surface area (Å²) in [5.41, 5.74) is 1.10. The first-order valence-corrected chi connectivity index (χ1v) is 6.55. The highest BCUT2D eigenvalue weighted by Gasteiger charge is 2.30. The zero-order valence-electron chi connectivity index (χ0n) is 7.90. The molecule has 0 aliphatic carbocycles. The lowest BCUT2D eigenvalue weighted by Gasteiger charge is -2.12. The Kier molecular flexibility index (Phi) is 2.24. The molecule has 1 aromatic carbocycles. The largest absolute Gasteiger partial charge is 0.314 e. The number of carbonyl (C=O) groups excluding carboxylic acids is 1. The number of nitrogens with zero attached hydrogens (tertiary/aromatic N) is 1. The minimum absolute atomic E-state index is 0.00461. The maximum atomic E-state index is 11.4. The molecule has 0 spiro atoms. The maximum absolute atomic E-state index is 11.4. The fourth-order valence-corrected chi connectivity index (χ4v) is 2.81. The Bertz CT molecular complexity index is 538. The van der Waals surface area contributed by atoms with Crippen LogP contribution >= 0.6 is 10.7 Å². The molecule has 0 unspecified atom stereocenters. The molecule has 15 heavy (non-hydrogen) atoms. The highest BCUT2D eigenvalue weighted by atomic mass is 35.7. The molecule has 1 aliphatic rings. The molecule has 0 N–H and O–H groups in total. The van der Waals surface area contributed by atoms with Crippen LogP contribution in [-0.4, -0.2) is 21.4 Å². The fourth-order valence-electron chi connectivity index (χ4n) is 1.69. The van der Waals surface area contributed by atoms with Crippen LogP contribution in [0.4, 0.5) is 5.69 Å². The van der Waals surface area contributed by atoms with Gasteiger partial charge in [-0.05, 0) is 11.6 Å². The molecule has 1 aromatic rings. The number of hydrogen-bond donors (Lipinski definition) is 0. The van der Waals surface area contributed by atoms with E-state index in [1.54, 1.807) is 19.2 Å². The first-order valence-electron chi connectivity index (χ1n) is 4.24. The van der Waals surface area contributed by atoms with E-state index in [4.69, 9.17) is 10.7 Å². The van der Waals surface area contributed by atoms with Crippen molar-refractivity contribution in [3.05, 3.63) is 23.8 Å². The van der Waals surface area contributed by atoms with Crippen LogP contribution in [0.2, 0.25) is 0 Å². The molecule has 6 heteroatoms. The van der Waals surface area contributed by atoms with E-state index in [1.165, 1.54) is 11.0 Å². The minimum Gasteiger partial charge on any atom is -0.314 e. The predicted molar refractivity (Wildman–Crippen MR) is 56.6 cm³/mol. The number of para-hydroxylation sites is 1. The molecule has 0 atom stereocenters. The van der Waals surface area contributed by atoms with Crippen molar-refractivity contribution in [2.75, 3.05) is 11.9 Å². The average Bonchev–Trinajstić information content (AvgIpc) is 2.41. The van der Waals surface area contributed by atoms with Gasteiger partial charge in [0.05, 0.1) is 12.1 Å². The number of hydrogen-bond acceptors (Lipinski definition) is 3. The Morgan fingerprint density at radius 1 is 1.40 bits per heavy atom. The Morgan fingerprint density at radius 3 is 2.67 bits per heavy atom. The molecule has 2 rings (SSSR count). The van der Waals surface area contributed by atoms with Crippen molar-refractivity contribution in [2.24, 2.45) is 0 Å². The van der Waals surface area contributed by atoms with Crippen molar-refractivity contribution >= 4 is 31.3 Å². The van der Waals surface area contributed by atoms with Crippen LogP contribution in [-0.2, 0) is 20.3 Å². The van der Waals surface area contributed by atoms with Crippen molar-refractivity contribution in [3.8, 4) is 0 Å². The summed E-state index contributed by atoms with van der Waals surface area (Å²) in [6.45, 7) is 0. The van der Waals surface area contributed by atoms with Crippen molar-refractivity contribution in [1.29, 1.82) is 0 Å². The lowest BCUT2D eigenvalue weighted by molar-refractivity contribution is -0.117. The first-order chi connectivity index (χ1) is 6.91. The van der Waals surface area contributed by atoms with Crippen molar-refractivity contribution in [3.63, 3.8) is 0 Å². The van der Waals surface area contributed by atoms with Gasteiger partial charge < -0.3 is 4.90 Å². The fraction of sp³-hybridized carbons (Fsp3) is 0.222. The number of halogens is 1.